The molecule has 3 N–H and O–H groups in total. The van der Waals surface area contributed by atoms with Gasteiger partial charge in [0, 0.05) is 16.9 Å². The van der Waals surface area contributed by atoms with Crippen molar-refractivity contribution in [1.29, 1.82) is 0 Å². The van der Waals surface area contributed by atoms with Gasteiger partial charge >= 0.3 is 0 Å². The van der Waals surface area contributed by atoms with Gasteiger partial charge in [0.15, 0.2) is 0 Å². The summed E-state index contributed by atoms with van der Waals surface area (Å²) in [5.74, 6) is 0.820. The lowest BCUT2D eigenvalue weighted by Gasteiger charge is -2.03. The lowest BCUT2D eigenvalue weighted by molar-refractivity contribution is 0.415. The van der Waals surface area contributed by atoms with Gasteiger partial charge in [-0.1, -0.05) is 11.3 Å². The van der Waals surface area contributed by atoms with Crippen LogP contribution in [0.25, 0.3) is 10.6 Å². The zero-order valence-electron chi connectivity index (χ0n) is 11.4. The Bertz CT molecular complexity index is 722. The second kappa shape index (κ2) is 5.80. The highest BCUT2D eigenvalue weighted by molar-refractivity contribution is 7.18. The van der Waals surface area contributed by atoms with Gasteiger partial charge < -0.3 is 15.8 Å². The first-order valence-electron chi connectivity index (χ1n) is 6.35. The van der Waals surface area contributed by atoms with Gasteiger partial charge in [-0.2, -0.15) is 0 Å². The molecule has 0 aliphatic carbocycles. The fourth-order valence-electron chi connectivity index (χ4n) is 1.81. The number of ether oxygens (including phenoxy) is 1. The Balaban J connectivity index is 1.76. The molecule has 0 saturated carbocycles. The average Bonchev–Trinajstić information content (AvgIpc) is 2.97. The van der Waals surface area contributed by atoms with Crippen molar-refractivity contribution in [2.75, 3.05) is 18.2 Å². The maximum Gasteiger partial charge on any atom is 0.210 e. The van der Waals surface area contributed by atoms with Crippen molar-refractivity contribution in [2.24, 2.45) is 0 Å². The molecule has 3 rings (SSSR count). The first-order chi connectivity index (χ1) is 10.2. The number of hydrogen-bond donors (Lipinski definition) is 2. The molecule has 1 heterocycles. The summed E-state index contributed by atoms with van der Waals surface area (Å²) < 4.78 is 5.13. The number of nitrogens with two attached hydrogens (primary N) is 1. The molecule has 106 valence electrons. The quantitative estimate of drug-likeness (QED) is 0.721. The van der Waals surface area contributed by atoms with Gasteiger partial charge in [-0.25, -0.2) is 0 Å². The normalized spacial score (nSPS) is 10.3. The molecule has 5 nitrogen and oxygen atoms in total. The monoisotopic (exact) mass is 298 g/mol. The van der Waals surface area contributed by atoms with Crippen LogP contribution >= 0.6 is 11.3 Å². The Hall–Kier alpha value is -2.60. The van der Waals surface area contributed by atoms with Crippen LogP contribution in [0.5, 0.6) is 5.75 Å². The summed E-state index contributed by atoms with van der Waals surface area (Å²) in [6.07, 6.45) is 0. The maximum absolute atomic E-state index is 5.68. The van der Waals surface area contributed by atoms with Gasteiger partial charge in [0.25, 0.3) is 0 Å². The van der Waals surface area contributed by atoms with E-state index in [1.165, 1.54) is 11.3 Å². The van der Waals surface area contributed by atoms with E-state index in [9.17, 15) is 0 Å². The predicted molar refractivity (Wildman–Crippen MR) is 86.0 cm³/mol. The van der Waals surface area contributed by atoms with Gasteiger partial charge in [-0.15, -0.1) is 10.2 Å². The average molecular weight is 298 g/mol. The smallest absolute Gasteiger partial charge is 0.210 e. The number of rotatable bonds is 4. The highest BCUT2D eigenvalue weighted by atomic mass is 32.1. The van der Waals surface area contributed by atoms with Crippen LogP contribution in [0, 0.1) is 0 Å². The second-order valence-electron chi connectivity index (χ2n) is 4.39. The van der Waals surface area contributed by atoms with Gasteiger partial charge in [-0.3, -0.25) is 0 Å². The molecule has 0 aliphatic rings. The SMILES string of the molecule is COc1ccc(Nc2nnc(-c3ccc(N)cc3)s2)cc1. The first kappa shape index (κ1) is 13.4. The highest BCUT2D eigenvalue weighted by Gasteiger charge is 2.06. The van der Waals surface area contributed by atoms with Crippen LogP contribution in [0.2, 0.25) is 0 Å². The molecule has 2 aromatic carbocycles. The van der Waals surface area contributed by atoms with Crippen LogP contribution in [0.15, 0.2) is 48.5 Å². The predicted octanol–water partition coefficient (Wildman–Crippen LogP) is 3.54. The van der Waals surface area contributed by atoms with Crippen LogP contribution in [0.3, 0.4) is 0 Å². The molecular formula is C15H14N4OS. The van der Waals surface area contributed by atoms with E-state index in [1.807, 2.05) is 48.5 Å². The van der Waals surface area contributed by atoms with E-state index in [2.05, 4.69) is 15.5 Å². The van der Waals surface area contributed by atoms with Crippen LogP contribution in [-0.2, 0) is 0 Å². The van der Waals surface area contributed by atoms with Crippen molar-refractivity contribution in [3.05, 3.63) is 48.5 Å². The number of aromatic nitrogens is 2. The molecule has 0 fully saturated rings. The third-order valence-electron chi connectivity index (χ3n) is 2.92. The maximum atomic E-state index is 5.68. The number of nitrogens with one attached hydrogen (secondary N) is 1. The van der Waals surface area contributed by atoms with Crippen LogP contribution in [0.1, 0.15) is 0 Å². The molecule has 0 saturated heterocycles. The molecule has 0 unspecified atom stereocenters. The van der Waals surface area contributed by atoms with Gasteiger partial charge in [0.05, 0.1) is 7.11 Å². The fourth-order valence-corrected chi connectivity index (χ4v) is 2.58. The molecule has 0 aliphatic heterocycles. The lowest BCUT2D eigenvalue weighted by atomic mass is 10.2. The van der Waals surface area contributed by atoms with Crippen molar-refractivity contribution in [2.45, 2.75) is 0 Å². The van der Waals surface area contributed by atoms with Crippen molar-refractivity contribution in [1.82, 2.24) is 10.2 Å². The Kier molecular flexibility index (Phi) is 3.70. The molecule has 0 bridgehead atoms. The van der Waals surface area contributed by atoms with Crippen molar-refractivity contribution < 1.29 is 4.74 Å². The van der Waals surface area contributed by atoms with E-state index in [1.54, 1.807) is 7.11 Å². The molecule has 21 heavy (non-hydrogen) atoms. The Labute approximate surface area is 126 Å². The van der Waals surface area contributed by atoms with E-state index < -0.39 is 0 Å². The van der Waals surface area contributed by atoms with Crippen LogP contribution in [-0.4, -0.2) is 17.3 Å². The number of nitrogen functional groups attached to an aromatic ring is 1. The lowest BCUT2D eigenvalue weighted by Crippen LogP contribution is -1.89. The summed E-state index contributed by atoms with van der Waals surface area (Å²) >= 11 is 1.49. The summed E-state index contributed by atoms with van der Waals surface area (Å²) in [7, 11) is 1.64. The number of benzene rings is 2. The third-order valence-corrected chi connectivity index (χ3v) is 3.81. The zero-order valence-corrected chi connectivity index (χ0v) is 12.2. The van der Waals surface area contributed by atoms with E-state index in [-0.39, 0.29) is 0 Å². The summed E-state index contributed by atoms with van der Waals surface area (Å²) in [4.78, 5) is 0. The zero-order chi connectivity index (χ0) is 14.7. The minimum absolute atomic E-state index is 0.736. The van der Waals surface area contributed by atoms with E-state index >= 15 is 0 Å². The molecule has 0 radical (unpaired) electrons. The molecule has 0 atom stereocenters. The van der Waals surface area contributed by atoms with Crippen molar-refractivity contribution >= 4 is 27.8 Å². The minimum atomic E-state index is 0.736. The van der Waals surface area contributed by atoms with Crippen molar-refractivity contribution in [3.63, 3.8) is 0 Å². The third kappa shape index (κ3) is 3.11. The van der Waals surface area contributed by atoms with Crippen LogP contribution in [0.4, 0.5) is 16.5 Å². The second-order valence-corrected chi connectivity index (χ2v) is 5.37. The fraction of sp³-hybridized carbons (Fsp3) is 0.0667. The molecule has 0 spiro atoms. The largest absolute Gasteiger partial charge is 0.497 e. The molecule has 0 amide bonds. The summed E-state index contributed by atoms with van der Waals surface area (Å²) in [5.41, 5.74) is 8.36. The molecule has 3 aromatic rings. The Morgan fingerprint density at radius 3 is 2.38 bits per heavy atom. The van der Waals surface area contributed by atoms with E-state index in [0.717, 1.165) is 32.8 Å². The van der Waals surface area contributed by atoms with Gasteiger partial charge in [0.2, 0.25) is 5.13 Å². The van der Waals surface area contributed by atoms with E-state index in [4.69, 9.17) is 10.5 Å². The Morgan fingerprint density at radius 2 is 1.71 bits per heavy atom. The number of methoxy groups -OCH3 is 1. The molecule has 6 heteroatoms. The highest BCUT2D eigenvalue weighted by Crippen LogP contribution is 2.29. The number of hydrogen-bond acceptors (Lipinski definition) is 6. The van der Waals surface area contributed by atoms with Gasteiger partial charge in [-0.05, 0) is 48.5 Å². The molecule has 1 aromatic heterocycles. The van der Waals surface area contributed by atoms with Crippen LogP contribution < -0.4 is 15.8 Å². The van der Waals surface area contributed by atoms with E-state index in [0.29, 0.717) is 0 Å². The summed E-state index contributed by atoms with van der Waals surface area (Å²) in [6, 6.07) is 15.2. The summed E-state index contributed by atoms with van der Waals surface area (Å²) in [6.45, 7) is 0. The number of nitrogens with zero attached hydrogens (tertiary/aromatic N) is 2. The number of anilines is 3. The van der Waals surface area contributed by atoms with Gasteiger partial charge in [0.1, 0.15) is 10.8 Å². The standard InChI is InChI=1S/C15H14N4OS/c1-20-13-8-6-12(7-9-13)17-15-19-18-14(21-15)10-2-4-11(16)5-3-10/h2-9H,16H2,1H3,(H,17,19). The summed E-state index contributed by atoms with van der Waals surface area (Å²) in [5, 5.41) is 13.2. The first-order valence-corrected chi connectivity index (χ1v) is 7.17. The topological polar surface area (TPSA) is 73.1 Å². The molecular weight excluding hydrogens is 284 g/mol. The Morgan fingerprint density at radius 1 is 1.00 bits per heavy atom. The minimum Gasteiger partial charge on any atom is -0.497 e. The van der Waals surface area contributed by atoms with Crippen molar-refractivity contribution in [3.8, 4) is 16.3 Å².